The number of fused-ring (bicyclic) bond motifs is 1. The summed E-state index contributed by atoms with van der Waals surface area (Å²) in [5, 5.41) is 69.2. The standard InChI is InChI=1S/C21H22O10/c22-8-16-17(26)18(27)19(28)21(31-16)30-15-7-12-13(25)5-11(24)6-14(12)29-20(15)9-1-3-10(23)4-2-9/h1-7,16-28H,8H2/t16-,17-,18+,19-,20?,21+/m0/s1. The highest BCUT2D eigenvalue weighted by Crippen LogP contribution is 2.44. The van der Waals surface area contributed by atoms with Crippen molar-refractivity contribution in [3.8, 4) is 23.0 Å². The van der Waals surface area contributed by atoms with Gasteiger partial charge in [0.2, 0.25) is 6.29 Å². The zero-order valence-corrected chi connectivity index (χ0v) is 16.1. The molecule has 0 aromatic heterocycles. The molecule has 10 nitrogen and oxygen atoms in total. The van der Waals surface area contributed by atoms with Gasteiger partial charge >= 0.3 is 0 Å². The molecule has 0 amide bonds. The van der Waals surface area contributed by atoms with Crippen LogP contribution in [0.3, 0.4) is 0 Å². The molecule has 2 aliphatic heterocycles. The number of phenols is 3. The Morgan fingerprint density at radius 1 is 0.871 bits per heavy atom. The summed E-state index contributed by atoms with van der Waals surface area (Å²) in [6.07, 6.45) is -6.96. The first-order valence-electron chi connectivity index (χ1n) is 9.49. The van der Waals surface area contributed by atoms with Crippen LogP contribution in [-0.4, -0.2) is 73.1 Å². The monoisotopic (exact) mass is 434 g/mol. The van der Waals surface area contributed by atoms with E-state index in [1.54, 1.807) is 12.1 Å². The highest BCUT2D eigenvalue weighted by Gasteiger charge is 2.45. The second-order valence-corrected chi connectivity index (χ2v) is 7.33. The van der Waals surface area contributed by atoms with Crippen molar-refractivity contribution in [2.75, 3.05) is 6.61 Å². The van der Waals surface area contributed by atoms with E-state index < -0.39 is 43.4 Å². The average Bonchev–Trinajstić information content (AvgIpc) is 2.74. The lowest BCUT2D eigenvalue weighted by molar-refractivity contribution is -0.293. The van der Waals surface area contributed by atoms with Crippen LogP contribution in [0.2, 0.25) is 0 Å². The Labute approximate surface area is 176 Å². The van der Waals surface area contributed by atoms with Gasteiger partial charge in [0, 0.05) is 17.7 Å². The van der Waals surface area contributed by atoms with Crippen LogP contribution in [0.25, 0.3) is 6.08 Å². The minimum Gasteiger partial charge on any atom is -0.508 e. The van der Waals surface area contributed by atoms with E-state index in [2.05, 4.69) is 0 Å². The van der Waals surface area contributed by atoms with Crippen molar-refractivity contribution in [1.82, 2.24) is 0 Å². The predicted molar refractivity (Wildman–Crippen MR) is 104 cm³/mol. The highest BCUT2D eigenvalue weighted by molar-refractivity contribution is 5.69. The molecule has 2 aliphatic rings. The van der Waals surface area contributed by atoms with Crippen LogP contribution in [0, 0.1) is 0 Å². The maximum absolute atomic E-state index is 10.3. The first kappa shape index (κ1) is 21.2. The van der Waals surface area contributed by atoms with E-state index in [1.165, 1.54) is 24.3 Å². The van der Waals surface area contributed by atoms with Crippen LogP contribution in [-0.2, 0) is 9.47 Å². The van der Waals surface area contributed by atoms with E-state index in [0.717, 1.165) is 6.07 Å². The molecule has 0 saturated carbocycles. The van der Waals surface area contributed by atoms with Crippen LogP contribution >= 0.6 is 0 Å². The summed E-state index contributed by atoms with van der Waals surface area (Å²) in [4.78, 5) is 0. The van der Waals surface area contributed by atoms with E-state index >= 15 is 0 Å². The Kier molecular flexibility index (Phi) is 5.65. The molecule has 166 valence electrons. The molecule has 1 unspecified atom stereocenters. The summed E-state index contributed by atoms with van der Waals surface area (Å²) in [6, 6.07) is 8.42. The molecule has 2 aromatic carbocycles. The second kappa shape index (κ2) is 8.25. The third kappa shape index (κ3) is 3.99. The number of benzene rings is 2. The minimum absolute atomic E-state index is 0.0237. The first-order valence-corrected chi connectivity index (χ1v) is 9.49. The van der Waals surface area contributed by atoms with Crippen molar-refractivity contribution >= 4 is 6.08 Å². The molecule has 7 N–H and O–H groups in total. The van der Waals surface area contributed by atoms with Crippen molar-refractivity contribution in [3.63, 3.8) is 0 Å². The van der Waals surface area contributed by atoms with E-state index in [4.69, 9.17) is 14.2 Å². The number of hydrogen-bond acceptors (Lipinski definition) is 10. The highest BCUT2D eigenvalue weighted by atomic mass is 16.7. The fourth-order valence-electron chi connectivity index (χ4n) is 3.52. The maximum Gasteiger partial charge on any atom is 0.228 e. The summed E-state index contributed by atoms with van der Waals surface area (Å²) in [5.41, 5.74) is 0.731. The molecule has 0 radical (unpaired) electrons. The number of ether oxygens (including phenoxy) is 3. The zero-order chi connectivity index (χ0) is 22.3. The smallest absolute Gasteiger partial charge is 0.228 e. The van der Waals surface area contributed by atoms with Gasteiger partial charge in [-0.2, -0.15) is 0 Å². The summed E-state index contributed by atoms with van der Waals surface area (Å²) in [6.45, 7) is -0.620. The van der Waals surface area contributed by atoms with Gasteiger partial charge < -0.3 is 50.0 Å². The summed E-state index contributed by atoms with van der Waals surface area (Å²) >= 11 is 0. The molecule has 31 heavy (non-hydrogen) atoms. The number of aromatic hydroxyl groups is 3. The largest absolute Gasteiger partial charge is 0.508 e. The molecule has 2 aromatic rings. The van der Waals surface area contributed by atoms with Crippen molar-refractivity contribution in [2.24, 2.45) is 0 Å². The van der Waals surface area contributed by atoms with Crippen molar-refractivity contribution in [1.29, 1.82) is 0 Å². The van der Waals surface area contributed by atoms with Crippen molar-refractivity contribution in [3.05, 3.63) is 53.3 Å². The Hall–Kier alpha value is -3.02. The van der Waals surface area contributed by atoms with Crippen LogP contribution in [0.5, 0.6) is 23.0 Å². The molecular formula is C21H22O10. The topological polar surface area (TPSA) is 169 Å². The van der Waals surface area contributed by atoms with Crippen molar-refractivity contribution in [2.45, 2.75) is 36.8 Å². The normalized spacial score (nSPS) is 30.1. The van der Waals surface area contributed by atoms with E-state index in [1.807, 2.05) is 0 Å². The molecule has 0 bridgehead atoms. The van der Waals surface area contributed by atoms with Crippen LogP contribution < -0.4 is 4.74 Å². The lowest BCUT2D eigenvalue weighted by Crippen LogP contribution is -2.59. The Morgan fingerprint density at radius 3 is 2.26 bits per heavy atom. The molecule has 6 atom stereocenters. The summed E-state index contributed by atoms with van der Waals surface area (Å²) in [7, 11) is 0. The van der Waals surface area contributed by atoms with E-state index in [0.29, 0.717) is 5.56 Å². The summed E-state index contributed by atoms with van der Waals surface area (Å²) < 4.78 is 17.1. The SMILES string of the molecule is OC[C@@H]1O[C@@H](OC2=Cc3c(O)cc(O)cc3OC2c2ccc(O)cc2)[C@@H](O)[C@H](O)[C@H]1O. The fraction of sp³-hybridized carbons (Fsp3) is 0.333. The van der Waals surface area contributed by atoms with Gasteiger partial charge in [-0.25, -0.2) is 0 Å². The van der Waals surface area contributed by atoms with Gasteiger partial charge in [-0.05, 0) is 18.2 Å². The number of hydrogen-bond donors (Lipinski definition) is 7. The van der Waals surface area contributed by atoms with E-state index in [-0.39, 0.29) is 34.3 Å². The van der Waals surface area contributed by atoms with Gasteiger partial charge in [0.1, 0.15) is 53.2 Å². The fourth-order valence-corrected chi connectivity index (χ4v) is 3.52. The third-order valence-electron chi connectivity index (χ3n) is 5.19. The predicted octanol–water partition coefficient (Wildman–Crippen LogP) is 0.0945. The Bertz CT molecular complexity index is 971. The van der Waals surface area contributed by atoms with Crippen LogP contribution in [0.4, 0.5) is 0 Å². The average molecular weight is 434 g/mol. The van der Waals surface area contributed by atoms with Gasteiger partial charge in [0.05, 0.1) is 12.2 Å². The van der Waals surface area contributed by atoms with Gasteiger partial charge in [-0.15, -0.1) is 0 Å². The molecule has 0 aliphatic carbocycles. The molecular weight excluding hydrogens is 412 g/mol. The van der Waals surface area contributed by atoms with Gasteiger partial charge in [0.25, 0.3) is 0 Å². The number of rotatable bonds is 4. The third-order valence-corrected chi connectivity index (χ3v) is 5.19. The molecule has 1 fully saturated rings. The second-order valence-electron chi connectivity index (χ2n) is 7.33. The van der Waals surface area contributed by atoms with Gasteiger partial charge in [-0.1, -0.05) is 12.1 Å². The van der Waals surface area contributed by atoms with Gasteiger partial charge in [0.15, 0.2) is 6.10 Å². The quantitative estimate of drug-likeness (QED) is 0.350. The Balaban J connectivity index is 1.72. The lowest BCUT2D eigenvalue weighted by atomic mass is 9.98. The number of phenolic OH excluding ortho intramolecular Hbond substituents is 3. The Morgan fingerprint density at radius 2 is 1.58 bits per heavy atom. The van der Waals surface area contributed by atoms with Crippen LogP contribution in [0.1, 0.15) is 17.2 Å². The van der Waals surface area contributed by atoms with Gasteiger partial charge in [-0.3, -0.25) is 0 Å². The number of aliphatic hydroxyl groups is 4. The lowest BCUT2D eigenvalue weighted by Gasteiger charge is -2.41. The van der Waals surface area contributed by atoms with Crippen molar-refractivity contribution < 1.29 is 50.0 Å². The molecule has 4 rings (SSSR count). The molecule has 2 heterocycles. The maximum atomic E-state index is 10.3. The zero-order valence-electron chi connectivity index (χ0n) is 16.1. The molecule has 0 spiro atoms. The number of aliphatic hydroxyl groups excluding tert-OH is 4. The van der Waals surface area contributed by atoms with E-state index in [9.17, 15) is 35.7 Å². The molecule has 1 saturated heterocycles. The molecule has 10 heteroatoms. The first-order chi connectivity index (χ1) is 14.8. The minimum atomic E-state index is -1.64. The van der Waals surface area contributed by atoms with Crippen LogP contribution in [0.15, 0.2) is 42.2 Å². The summed E-state index contributed by atoms with van der Waals surface area (Å²) in [5.74, 6) is -0.239.